The SMILES string of the molecule is COc1ccc(CNC(=O)OC(C)(C)C)cc1CN. The molecule has 0 unspecified atom stereocenters. The minimum atomic E-state index is -0.494. The Kier molecular flexibility index (Phi) is 5.18. The lowest BCUT2D eigenvalue weighted by Gasteiger charge is -2.19. The van der Waals surface area contributed by atoms with Crippen LogP contribution in [-0.4, -0.2) is 18.8 Å². The predicted octanol–water partition coefficient (Wildman–Crippen LogP) is 2.18. The number of amides is 1. The summed E-state index contributed by atoms with van der Waals surface area (Å²) in [5.74, 6) is 0.753. The predicted molar refractivity (Wildman–Crippen MR) is 74.0 cm³/mol. The highest BCUT2D eigenvalue weighted by atomic mass is 16.6. The summed E-state index contributed by atoms with van der Waals surface area (Å²) in [7, 11) is 1.60. The second-order valence-electron chi connectivity index (χ2n) is 5.21. The quantitative estimate of drug-likeness (QED) is 0.876. The molecule has 0 aromatic heterocycles. The van der Waals surface area contributed by atoms with Gasteiger partial charge in [-0.05, 0) is 38.5 Å². The third-order valence-electron chi connectivity index (χ3n) is 2.40. The lowest BCUT2D eigenvalue weighted by atomic mass is 10.1. The number of methoxy groups -OCH3 is 1. The molecular weight excluding hydrogens is 244 g/mol. The van der Waals surface area contributed by atoms with Crippen LogP contribution in [0.3, 0.4) is 0 Å². The van der Waals surface area contributed by atoms with E-state index in [2.05, 4.69) is 5.32 Å². The van der Waals surface area contributed by atoms with Crippen LogP contribution in [0.2, 0.25) is 0 Å². The van der Waals surface area contributed by atoms with Gasteiger partial charge < -0.3 is 20.5 Å². The molecule has 0 saturated carbocycles. The Labute approximate surface area is 114 Å². The fourth-order valence-corrected chi connectivity index (χ4v) is 1.59. The molecule has 0 aliphatic carbocycles. The van der Waals surface area contributed by atoms with E-state index in [4.69, 9.17) is 15.2 Å². The highest BCUT2D eigenvalue weighted by Crippen LogP contribution is 2.19. The van der Waals surface area contributed by atoms with Crippen molar-refractivity contribution >= 4 is 6.09 Å². The molecule has 0 bridgehead atoms. The van der Waals surface area contributed by atoms with Crippen LogP contribution in [0, 0.1) is 0 Å². The van der Waals surface area contributed by atoms with E-state index in [1.54, 1.807) is 7.11 Å². The monoisotopic (exact) mass is 266 g/mol. The Balaban J connectivity index is 2.61. The number of ether oxygens (including phenoxy) is 2. The Hall–Kier alpha value is -1.75. The molecule has 5 nitrogen and oxygen atoms in total. The largest absolute Gasteiger partial charge is 0.496 e. The van der Waals surface area contributed by atoms with Gasteiger partial charge in [0.1, 0.15) is 11.4 Å². The topological polar surface area (TPSA) is 73.6 Å². The molecule has 0 spiro atoms. The number of carbonyl (C=O) groups is 1. The van der Waals surface area contributed by atoms with Crippen molar-refractivity contribution in [3.05, 3.63) is 29.3 Å². The normalized spacial score (nSPS) is 11.0. The molecule has 0 heterocycles. The molecule has 1 aromatic rings. The van der Waals surface area contributed by atoms with Gasteiger partial charge in [0.25, 0.3) is 0 Å². The number of carbonyl (C=O) groups excluding carboxylic acids is 1. The van der Waals surface area contributed by atoms with Crippen LogP contribution < -0.4 is 15.8 Å². The maximum Gasteiger partial charge on any atom is 0.407 e. The second-order valence-corrected chi connectivity index (χ2v) is 5.21. The average molecular weight is 266 g/mol. The maximum atomic E-state index is 11.5. The average Bonchev–Trinajstić information content (AvgIpc) is 2.33. The van der Waals surface area contributed by atoms with E-state index >= 15 is 0 Å². The van der Waals surface area contributed by atoms with Gasteiger partial charge in [0.15, 0.2) is 0 Å². The molecule has 19 heavy (non-hydrogen) atoms. The van der Waals surface area contributed by atoms with Crippen molar-refractivity contribution in [1.82, 2.24) is 5.32 Å². The van der Waals surface area contributed by atoms with Crippen LogP contribution in [-0.2, 0) is 17.8 Å². The van der Waals surface area contributed by atoms with Crippen molar-refractivity contribution in [2.45, 2.75) is 39.5 Å². The Bertz CT molecular complexity index is 439. The van der Waals surface area contributed by atoms with Gasteiger partial charge in [0.2, 0.25) is 0 Å². The van der Waals surface area contributed by atoms with Crippen molar-refractivity contribution < 1.29 is 14.3 Å². The molecule has 106 valence electrons. The van der Waals surface area contributed by atoms with Crippen LogP contribution in [0.15, 0.2) is 18.2 Å². The molecule has 0 fully saturated rings. The summed E-state index contributed by atoms with van der Waals surface area (Å²) in [4.78, 5) is 11.5. The zero-order valence-corrected chi connectivity index (χ0v) is 11.9. The van der Waals surface area contributed by atoms with Crippen LogP contribution >= 0.6 is 0 Å². The third kappa shape index (κ3) is 5.18. The van der Waals surface area contributed by atoms with Crippen molar-refractivity contribution in [3.8, 4) is 5.75 Å². The minimum Gasteiger partial charge on any atom is -0.496 e. The van der Waals surface area contributed by atoms with Gasteiger partial charge in [-0.3, -0.25) is 0 Å². The van der Waals surface area contributed by atoms with Gasteiger partial charge in [0, 0.05) is 18.7 Å². The molecule has 1 rings (SSSR count). The van der Waals surface area contributed by atoms with Gasteiger partial charge in [-0.15, -0.1) is 0 Å². The van der Waals surface area contributed by atoms with Crippen molar-refractivity contribution in [2.24, 2.45) is 5.73 Å². The van der Waals surface area contributed by atoms with E-state index in [1.165, 1.54) is 0 Å². The maximum absolute atomic E-state index is 11.5. The van der Waals surface area contributed by atoms with E-state index in [0.29, 0.717) is 13.1 Å². The van der Waals surface area contributed by atoms with Crippen LogP contribution in [0.25, 0.3) is 0 Å². The van der Waals surface area contributed by atoms with Gasteiger partial charge in [0.05, 0.1) is 7.11 Å². The fourth-order valence-electron chi connectivity index (χ4n) is 1.59. The molecule has 5 heteroatoms. The minimum absolute atomic E-state index is 0.392. The lowest BCUT2D eigenvalue weighted by Crippen LogP contribution is -2.32. The number of alkyl carbamates (subject to hydrolysis) is 1. The summed E-state index contributed by atoms with van der Waals surface area (Å²) in [6.45, 7) is 6.26. The smallest absolute Gasteiger partial charge is 0.407 e. The van der Waals surface area contributed by atoms with Gasteiger partial charge in [-0.1, -0.05) is 6.07 Å². The Morgan fingerprint density at radius 3 is 2.58 bits per heavy atom. The summed E-state index contributed by atoms with van der Waals surface area (Å²) in [5.41, 5.74) is 7.01. The van der Waals surface area contributed by atoms with Crippen LogP contribution in [0.5, 0.6) is 5.75 Å². The van der Waals surface area contributed by atoms with E-state index in [1.807, 2.05) is 39.0 Å². The summed E-state index contributed by atoms with van der Waals surface area (Å²) in [6, 6.07) is 5.64. The molecular formula is C14H22N2O3. The number of hydrogen-bond donors (Lipinski definition) is 2. The highest BCUT2D eigenvalue weighted by Gasteiger charge is 2.15. The summed E-state index contributed by atoms with van der Waals surface area (Å²) < 4.78 is 10.4. The van der Waals surface area contributed by atoms with Gasteiger partial charge in [-0.25, -0.2) is 4.79 Å². The van der Waals surface area contributed by atoms with Crippen LogP contribution in [0.4, 0.5) is 4.79 Å². The molecule has 0 aliphatic heterocycles. The van der Waals surface area contributed by atoms with Crippen LogP contribution in [0.1, 0.15) is 31.9 Å². The zero-order valence-electron chi connectivity index (χ0n) is 11.9. The Morgan fingerprint density at radius 1 is 1.37 bits per heavy atom. The van der Waals surface area contributed by atoms with E-state index in [0.717, 1.165) is 16.9 Å². The number of hydrogen-bond acceptors (Lipinski definition) is 4. The summed E-state index contributed by atoms with van der Waals surface area (Å²) >= 11 is 0. The summed E-state index contributed by atoms with van der Waals surface area (Å²) in [5, 5.41) is 2.70. The molecule has 3 N–H and O–H groups in total. The van der Waals surface area contributed by atoms with E-state index < -0.39 is 11.7 Å². The molecule has 0 saturated heterocycles. The molecule has 0 radical (unpaired) electrons. The highest BCUT2D eigenvalue weighted by molar-refractivity contribution is 5.67. The number of benzene rings is 1. The fraction of sp³-hybridized carbons (Fsp3) is 0.500. The molecule has 1 aromatic carbocycles. The van der Waals surface area contributed by atoms with Crippen molar-refractivity contribution in [2.75, 3.05) is 7.11 Å². The first-order valence-electron chi connectivity index (χ1n) is 6.18. The molecule has 0 atom stereocenters. The zero-order chi connectivity index (χ0) is 14.5. The van der Waals surface area contributed by atoms with E-state index in [-0.39, 0.29) is 0 Å². The standard InChI is InChI=1S/C14H22N2O3/c1-14(2,3)19-13(17)16-9-10-5-6-12(18-4)11(7-10)8-15/h5-7H,8-9,15H2,1-4H3,(H,16,17). The first kappa shape index (κ1) is 15.3. The van der Waals surface area contributed by atoms with Crippen molar-refractivity contribution in [3.63, 3.8) is 0 Å². The van der Waals surface area contributed by atoms with Gasteiger partial charge >= 0.3 is 6.09 Å². The molecule has 1 amide bonds. The van der Waals surface area contributed by atoms with Crippen molar-refractivity contribution in [1.29, 1.82) is 0 Å². The summed E-state index contributed by atoms with van der Waals surface area (Å²) in [6.07, 6.45) is -0.433. The number of nitrogens with one attached hydrogen (secondary N) is 1. The number of nitrogens with two attached hydrogens (primary N) is 1. The lowest BCUT2D eigenvalue weighted by molar-refractivity contribution is 0.0523. The van der Waals surface area contributed by atoms with Gasteiger partial charge in [-0.2, -0.15) is 0 Å². The second kappa shape index (κ2) is 6.43. The number of rotatable bonds is 4. The Morgan fingerprint density at radius 2 is 2.05 bits per heavy atom. The molecule has 0 aliphatic rings. The first-order valence-corrected chi connectivity index (χ1v) is 6.18. The third-order valence-corrected chi connectivity index (χ3v) is 2.40. The first-order chi connectivity index (χ1) is 8.85. The van der Waals surface area contributed by atoms with E-state index in [9.17, 15) is 4.79 Å².